The molecule has 18 heavy (non-hydrogen) atoms. The maximum atomic E-state index is 11.9. The summed E-state index contributed by atoms with van der Waals surface area (Å²) in [5.74, 6) is -0.455. The fourth-order valence-corrected chi connectivity index (χ4v) is 2.15. The lowest BCUT2D eigenvalue weighted by Gasteiger charge is -2.23. The van der Waals surface area contributed by atoms with Gasteiger partial charge in [-0.05, 0) is 17.5 Å². The molecule has 92 valence electrons. The molecule has 0 bridgehead atoms. The molecule has 0 saturated heterocycles. The van der Waals surface area contributed by atoms with Crippen molar-refractivity contribution in [2.75, 3.05) is 7.05 Å². The Balaban J connectivity index is 0.000000574. The Bertz CT molecular complexity index is 581. The fraction of sp³-hybridized carbons (Fsp3) is 0.200. The fourth-order valence-electron chi connectivity index (χ4n) is 2.15. The van der Waals surface area contributed by atoms with E-state index < -0.39 is 0 Å². The van der Waals surface area contributed by atoms with Crippen LogP contribution in [0.2, 0.25) is 0 Å². The number of carbonyl (C=O) groups excluding carboxylic acids is 2. The first kappa shape index (κ1) is 12.3. The Morgan fingerprint density at radius 1 is 0.833 bits per heavy atom. The van der Waals surface area contributed by atoms with E-state index in [1.165, 1.54) is 7.05 Å². The third kappa shape index (κ3) is 1.59. The molecule has 0 N–H and O–H groups in total. The highest BCUT2D eigenvalue weighted by molar-refractivity contribution is 6.25. The number of hydrogen-bond donors (Lipinski definition) is 0. The Kier molecular flexibility index (Phi) is 3.15. The summed E-state index contributed by atoms with van der Waals surface area (Å²) in [5.41, 5.74) is 1.21. The topological polar surface area (TPSA) is 37.4 Å². The van der Waals surface area contributed by atoms with Crippen molar-refractivity contribution in [2.24, 2.45) is 0 Å². The number of amides is 2. The molecule has 0 atom stereocenters. The van der Waals surface area contributed by atoms with E-state index in [1.54, 1.807) is 12.1 Å². The number of benzene rings is 2. The molecule has 0 aliphatic carbocycles. The van der Waals surface area contributed by atoms with Gasteiger partial charge in [0, 0.05) is 23.6 Å². The molecule has 3 rings (SSSR count). The molecule has 1 aliphatic heterocycles. The van der Waals surface area contributed by atoms with Crippen LogP contribution in [0.5, 0.6) is 0 Å². The van der Waals surface area contributed by atoms with Crippen LogP contribution in [-0.4, -0.2) is 23.8 Å². The number of imide groups is 1. The molecule has 1 aliphatic rings. The first-order valence-corrected chi connectivity index (χ1v) is 6.04. The van der Waals surface area contributed by atoms with Gasteiger partial charge in [-0.15, -0.1) is 0 Å². The van der Waals surface area contributed by atoms with Crippen LogP contribution in [0.1, 0.15) is 34.6 Å². The van der Waals surface area contributed by atoms with E-state index in [1.807, 2.05) is 38.1 Å². The molecule has 0 fully saturated rings. The second-order valence-corrected chi connectivity index (χ2v) is 3.88. The molecule has 2 amide bonds. The van der Waals surface area contributed by atoms with Gasteiger partial charge in [0.05, 0.1) is 0 Å². The molecule has 0 saturated carbocycles. The average molecular weight is 241 g/mol. The van der Waals surface area contributed by atoms with Crippen molar-refractivity contribution >= 4 is 22.6 Å². The summed E-state index contributed by atoms with van der Waals surface area (Å²) in [6.07, 6.45) is 0. The number of nitrogens with zero attached hydrogens (tertiary/aromatic N) is 1. The van der Waals surface area contributed by atoms with E-state index in [2.05, 4.69) is 0 Å². The third-order valence-electron chi connectivity index (χ3n) is 2.97. The molecule has 3 heteroatoms. The predicted octanol–water partition coefficient (Wildman–Crippen LogP) is 3.09. The van der Waals surface area contributed by atoms with Crippen LogP contribution >= 0.6 is 0 Å². The van der Waals surface area contributed by atoms with E-state index in [9.17, 15) is 9.59 Å². The molecule has 0 spiro atoms. The van der Waals surface area contributed by atoms with Crippen LogP contribution < -0.4 is 0 Å². The quantitative estimate of drug-likeness (QED) is 0.665. The van der Waals surface area contributed by atoms with Crippen molar-refractivity contribution in [1.82, 2.24) is 4.90 Å². The molecule has 0 aromatic heterocycles. The zero-order valence-electron chi connectivity index (χ0n) is 10.7. The van der Waals surface area contributed by atoms with E-state index in [-0.39, 0.29) is 11.8 Å². The lowest BCUT2D eigenvalue weighted by Crippen LogP contribution is -2.36. The summed E-state index contributed by atoms with van der Waals surface area (Å²) in [6, 6.07) is 11.0. The van der Waals surface area contributed by atoms with Crippen molar-refractivity contribution in [2.45, 2.75) is 13.8 Å². The van der Waals surface area contributed by atoms with Gasteiger partial charge in [-0.2, -0.15) is 0 Å². The van der Waals surface area contributed by atoms with Crippen molar-refractivity contribution < 1.29 is 9.59 Å². The molecular formula is C15H15NO2. The molecule has 1 heterocycles. The van der Waals surface area contributed by atoms with Crippen LogP contribution in [-0.2, 0) is 0 Å². The van der Waals surface area contributed by atoms with Crippen molar-refractivity contribution in [3.63, 3.8) is 0 Å². The Morgan fingerprint density at radius 2 is 1.28 bits per heavy atom. The van der Waals surface area contributed by atoms with Crippen LogP contribution in [0.15, 0.2) is 36.4 Å². The normalized spacial score (nSPS) is 13.4. The van der Waals surface area contributed by atoms with Gasteiger partial charge < -0.3 is 0 Å². The summed E-state index contributed by atoms with van der Waals surface area (Å²) >= 11 is 0. The zero-order valence-corrected chi connectivity index (χ0v) is 10.7. The van der Waals surface area contributed by atoms with E-state index in [4.69, 9.17) is 0 Å². The Morgan fingerprint density at radius 3 is 1.72 bits per heavy atom. The van der Waals surface area contributed by atoms with Gasteiger partial charge in [0.1, 0.15) is 0 Å². The highest BCUT2D eigenvalue weighted by Crippen LogP contribution is 2.28. The maximum Gasteiger partial charge on any atom is 0.261 e. The summed E-state index contributed by atoms with van der Waals surface area (Å²) in [4.78, 5) is 25.0. The van der Waals surface area contributed by atoms with Gasteiger partial charge in [0.25, 0.3) is 11.8 Å². The standard InChI is InChI=1S/C13H9NO2.C2H6/c1-14-12(15)9-6-2-4-8-5-3-7-10(11(8)9)13(14)16;1-2/h2-7H,1H3;1-2H3. The smallest absolute Gasteiger partial charge is 0.261 e. The van der Waals surface area contributed by atoms with Gasteiger partial charge in [-0.3, -0.25) is 14.5 Å². The predicted molar refractivity (Wildman–Crippen MR) is 71.7 cm³/mol. The largest absolute Gasteiger partial charge is 0.277 e. The summed E-state index contributed by atoms with van der Waals surface area (Å²) < 4.78 is 0. The molecule has 0 unspecified atom stereocenters. The SMILES string of the molecule is CC.CN1C(=O)c2cccc3cccc(c23)C1=O. The first-order valence-electron chi connectivity index (χ1n) is 6.04. The molecule has 0 radical (unpaired) electrons. The summed E-state index contributed by atoms with van der Waals surface area (Å²) in [5, 5.41) is 1.71. The van der Waals surface area contributed by atoms with Crippen LogP contribution in [0, 0.1) is 0 Å². The van der Waals surface area contributed by atoms with Crippen molar-refractivity contribution in [3.8, 4) is 0 Å². The second-order valence-electron chi connectivity index (χ2n) is 3.88. The van der Waals surface area contributed by atoms with Gasteiger partial charge in [0.15, 0.2) is 0 Å². The highest BCUT2D eigenvalue weighted by Gasteiger charge is 2.29. The first-order chi connectivity index (χ1) is 8.70. The Labute approximate surface area is 106 Å². The molecule has 2 aromatic rings. The van der Waals surface area contributed by atoms with Gasteiger partial charge in [-0.1, -0.05) is 38.1 Å². The minimum Gasteiger partial charge on any atom is -0.277 e. The van der Waals surface area contributed by atoms with E-state index in [0.717, 1.165) is 15.7 Å². The van der Waals surface area contributed by atoms with Crippen LogP contribution in [0.25, 0.3) is 10.8 Å². The summed E-state index contributed by atoms with van der Waals surface area (Å²) in [7, 11) is 1.51. The van der Waals surface area contributed by atoms with Crippen molar-refractivity contribution in [3.05, 3.63) is 47.5 Å². The second kappa shape index (κ2) is 4.61. The van der Waals surface area contributed by atoms with Crippen LogP contribution in [0.4, 0.5) is 0 Å². The molecule has 2 aromatic carbocycles. The van der Waals surface area contributed by atoms with Gasteiger partial charge in [0.2, 0.25) is 0 Å². The van der Waals surface area contributed by atoms with E-state index in [0.29, 0.717) is 11.1 Å². The minimum atomic E-state index is -0.228. The number of hydrogen-bond acceptors (Lipinski definition) is 2. The average Bonchev–Trinajstić information content (AvgIpc) is 2.44. The van der Waals surface area contributed by atoms with Crippen LogP contribution in [0.3, 0.4) is 0 Å². The molecule has 3 nitrogen and oxygen atoms in total. The van der Waals surface area contributed by atoms with E-state index >= 15 is 0 Å². The van der Waals surface area contributed by atoms with Gasteiger partial charge in [-0.25, -0.2) is 0 Å². The summed E-state index contributed by atoms with van der Waals surface area (Å²) in [6.45, 7) is 4.00. The van der Waals surface area contributed by atoms with Crippen molar-refractivity contribution in [1.29, 1.82) is 0 Å². The lowest BCUT2D eigenvalue weighted by atomic mass is 9.94. The van der Waals surface area contributed by atoms with Gasteiger partial charge >= 0.3 is 0 Å². The Hall–Kier alpha value is -2.16. The monoisotopic (exact) mass is 241 g/mol. The highest BCUT2D eigenvalue weighted by atomic mass is 16.2. The minimum absolute atomic E-state index is 0.227. The number of carbonyl (C=O) groups is 2. The number of rotatable bonds is 0. The molecular weight excluding hydrogens is 226 g/mol. The zero-order chi connectivity index (χ0) is 13.3. The maximum absolute atomic E-state index is 11.9. The third-order valence-corrected chi connectivity index (χ3v) is 2.97. The lowest BCUT2D eigenvalue weighted by molar-refractivity contribution is 0.0651.